The summed E-state index contributed by atoms with van der Waals surface area (Å²) in [7, 11) is 0. The summed E-state index contributed by atoms with van der Waals surface area (Å²) in [6.07, 6.45) is 11.1. The molecular weight excluding hydrogens is 224 g/mol. The SMILES string of the molecule is CC1CCC(SC2CCC(Cl)CC2)CC1. The number of hydrogen-bond donors (Lipinski definition) is 0. The van der Waals surface area contributed by atoms with Gasteiger partial charge in [-0.3, -0.25) is 0 Å². The second-order valence-corrected chi connectivity index (χ2v) is 7.61. The number of hydrogen-bond acceptors (Lipinski definition) is 1. The molecule has 2 heteroatoms. The van der Waals surface area contributed by atoms with E-state index >= 15 is 0 Å². The molecule has 0 atom stereocenters. The maximum Gasteiger partial charge on any atom is 0.0336 e. The molecular formula is C13H23ClS. The first-order chi connectivity index (χ1) is 7.24. The molecule has 2 aliphatic carbocycles. The van der Waals surface area contributed by atoms with E-state index < -0.39 is 0 Å². The maximum atomic E-state index is 6.13. The monoisotopic (exact) mass is 246 g/mol. The molecule has 0 radical (unpaired) electrons. The van der Waals surface area contributed by atoms with E-state index in [-0.39, 0.29) is 0 Å². The summed E-state index contributed by atoms with van der Waals surface area (Å²) in [5.41, 5.74) is 0. The molecule has 0 unspecified atom stereocenters. The van der Waals surface area contributed by atoms with E-state index in [0.29, 0.717) is 5.38 Å². The quantitative estimate of drug-likeness (QED) is 0.628. The van der Waals surface area contributed by atoms with Crippen LogP contribution in [0.15, 0.2) is 0 Å². The Kier molecular flexibility index (Phi) is 4.69. The van der Waals surface area contributed by atoms with Gasteiger partial charge >= 0.3 is 0 Å². The zero-order valence-electron chi connectivity index (χ0n) is 9.75. The van der Waals surface area contributed by atoms with Gasteiger partial charge in [-0.15, -0.1) is 11.6 Å². The van der Waals surface area contributed by atoms with Crippen molar-refractivity contribution in [3.63, 3.8) is 0 Å². The Morgan fingerprint density at radius 1 is 0.800 bits per heavy atom. The number of thioether (sulfide) groups is 1. The molecule has 2 fully saturated rings. The fourth-order valence-electron chi connectivity index (χ4n) is 2.80. The molecule has 2 aliphatic rings. The van der Waals surface area contributed by atoms with Crippen LogP contribution in [-0.2, 0) is 0 Å². The van der Waals surface area contributed by atoms with Crippen molar-refractivity contribution in [2.24, 2.45) is 5.92 Å². The summed E-state index contributed by atoms with van der Waals surface area (Å²) < 4.78 is 0. The van der Waals surface area contributed by atoms with Crippen LogP contribution in [0.4, 0.5) is 0 Å². The van der Waals surface area contributed by atoms with Crippen molar-refractivity contribution in [3.05, 3.63) is 0 Å². The Balaban J connectivity index is 1.68. The van der Waals surface area contributed by atoms with Crippen molar-refractivity contribution in [1.29, 1.82) is 0 Å². The van der Waals surface area contributed by atoms with Crippen molar-refractivity contribution in [2.75, 3.05) is 0 Å². The highest BCUT2D eigenvalue weighted by Crippen LogP contribution is 2.39. The Labute approximate surface area is 104 Å². The van der Waals surface area contributed by atoms with E-state index in [0.717, 1.165) is 16.4 Å². The molecule has 0 bridgehead atoms. The highest BCUT2D eigenvalue weighted by atomic mass is 35.5. The predicted molar refractivity (Wildman–Crippen MR) is 70.9 cm³/mol. The van der Waals surface area contributed by atoms with Crippen molar-refractivity contribution >= 4 is 23.4 Å². The van der Waals surface area contributed by atoms with Crippen molar-refractivity contribution in [1.82, 2.24) is 0 Å². The molecule has 15 heavy (non-hydrogen) atoms. The second kappa shape index (κ2) is 5.82. The van der Waals surface area contributed by atoms with Gasteiger partial charge in [0.15, 0.2) is 0 Å². The van der Waals surface area contributed by atoms with Crippen LogP contribution in [0.25, 0.3) is 0 Å². The molecule has 0 heterocycles. The molecule has 0 N–H and O–H groups in total. The van der Waals surface area contributed by atoms with Gasteiger partial charge in [-0.1, -0.05) is 6.92 Å². The lowest BCUT2D eigenvalue weighted by atomic mass is 9.91. The second-order valence-electron chi connectivity index (χ2n) is 5.39. The molecule has 0 aromatic carbocycles. The van der Waals surface area contributed by atoms with Gasteiger partial charge in [0.1, 0.15) is 0 Å². The van der Waals surface area contributed by atoms with Gasteiger partial charge in [-0.2, -0.15) is 11.8 Å². The topological polar surface area (TPSA) is 0 Å². The van der Waals surface area contributed by atoms with Crippen LogP contribution in [-0.4, -0.2) is 15.9 Å². The average Bonchev–Trinajstić information content (AvgIpc) is 2.25. The first-order valence-corrected chi connectivity index (χ1v) is 7.91. The zero-order chi connectivity index (χ0) is 10.7. The van der Waals surface area contributed by atoms with E-state index in [4.69, 9.17) is 11.6 Å². The van der Waals surface area contributed by atoms with Crippen LogP contribution in [0.5, 0.6) is 0 Å². The van der Waals surface area contributed by atoms with Crippen molar-refractivity contribution in [2.45, 2.75) is 74.2 Å². The molecule has 0 aliphatic heterocycles. The van der Waals surface area contributed by atoms with Gasteiger partial charge in [0.25, 0.3) is 0 Å². The molecule has 0 nitrogen and oxygen atoms in total. The summed E-state index contributed by atoms with van der Waals surface area (Å²) >= 11 is 8.42. The summed E-state index contributed by atoms with van der Waals surface area (Å²) in [4.78, 5) is 0. The lowest BCUT2D eigenvalue weighted by Gasteiger charge is -2.31. The normalized spacial score (nSPS) is 42.8. The first-order valence-electron chi connectivity index (χ1n) is 6.53. The largest absolute Gasteiger partial charge is 0.155 e. The summed E-state index contributed by atoms with van der Waals surface area (Å²) in [6, 6.07) is 0. The van der Waals surface area contributed by atoms with Gasteiger partial charge < -0.3 is 0 Å². The third-order valence-corrected chi connectivity index (χ3v) is 6.10. The zero-order valence-corrected chi connectivity index (χ0v) is 11.3. The fraction of sp³-hybridized carbons (Fsp3) is 1.00. The van der Waals surface area contributed by atoms with Crippen LogP contribution >= 0.6 is 23.4 Å². The van der Waals surface area contributed by atoms with Gasteiger partial charge in [-0.05, 0) is 57.3 Å². The van der Waals surface area contributed by atoms with Crippen LogP contribution in [0, 0.1) is 5.92 Å². The number of halogens is 1. The lowest BCUT2D eigenvalue weighted by molar-refractivity contribution is 0.391. The number of rotatable bonds is 2. The summed E-state index contributed by atoms with van der Waals surface area (Å²) in [6.45, 7) is 2.40. The van der Waals surface area contributed by atoms with Crippen LogP contribution in [0.1, 0.15) is 58.3 Å². The fourth-order valence-corrected chi connectivity index (χ4v) is 4.68. The Bertz CT molecular complexity index is 159. The minimum Gasteiger partial charge on any atom is -0.155 e. The van der Waals surface area contributed by atoms with Crippen LogP contribution < -0.4 is 0 Å². The standard InChI is InChI=1S/C13H23ClS/c1-10-2-6-12(7-3-10)15-13-8-4-11(14)5-9-13/h10-13H,2-9H2,1H3. The molecule has 2 rings (SSSR count). The van der Waals surface area contributed by atoms with Gasteiger partial charge in [0, 0.05) is 15.9 Å². The van der Waals surface area contributed by atoms with Crippen molar-refractivity contribution < 1.29 is 0 Å². The molecule has 2 saturated carbocycles. The molecule has 88 valence electrons. The highest BCUT2D eigenvalue weighted by molar-refractivity contribution is 8.00. The minimum atomic E-state index is 0.480. The van der Waals surface area contributed by atoms with Gasteiger partial charge in [-0.25, -0.2) is 0 Å². The third kappa shape index (κ3) is 3.85. The first kappa shape index (κ1) is 12.1. The minimum absolute atomic E-state index is 0.480. The van der Waals surface area contributed by atoms with Gasteiger partial charge in [0.05, 0.1) is 0 Å². The average molecular weight is 247 g/mol. The molecule has 0 amide bonds. The smallest absolute Gasteiger partial charge is 0.0336 e. The lowest BCUT2D eigenvalue weighted by Crippen LogP contribution is -2.21. The predicted octanol–water partition coefficient (Wildman–Crippen LogP) is 4.85. The summed E-state index contributed by atoms with van der Waals surface area (Å²) in [5.74, 6) is 0.987. The van der Waals surface area contributed by atoms with Crippen molar-refractivity contribution in [3.8, 4) is 0 Å². The molecule has 0 aromatic heterocycles. The van der Waals surface area contributed by atoms with Crippen LogP contribution in [0.2, 0.25) is 0 Å². The van der Waals surface area contributed by atoms with E-state index in [2.05, 4.69) is 18.7 Å². The Morgan fingerprint density at radius 2 is 1.27 bits per heavy atom. The van der Waals surface area contributed by atoms with E-state index in [1.54, 1.807) is 0 Å². The Morgan fingerprint density at radius 3 is 1.80 bits per heavy atom. The Hall–Kier alpha value is 0.640. The number of alkyl halides is 1. The molecule has 0 aromatic rings. The van der Waals surface area contributed by atoms with E-state index in [1.165, 1.54) is 51.4 Å². The third-order valence-electron chi connectivity index (χ3n) is 3.95. The van der Waals surface area contributed by atoms with Gasteiger partial charge in [0.2, 0.25) is 0 Å². The molecule has 0 spiro atoms. The summed E-state index contributed by atoms with van der Waals surface area (Å²) in [5, 5.41) is 2.38. The molecule has 0 saturated heterocycles. The van der Waals surface area contributed by atoms with Crippen LogP contribution in [0.3, 0.4) is 0 Å². The van der Waals surface area contributed by atoms with E-state index in [1.807, 2.05) is 0 Å². The highest BCUT2D eigenvalue weighted by Gasteiger charge is 2.25. The van der Waals surface area contributed by atoms with E-state index in [9.17, 15) is 0 Å². The maximum absolute atomic E-state index is 6.13.